The number of anilines is 2. The molecule has 1 aromatic carbocycles. The lowest BCUT2D eigenvalue weighted by molar-refractivity contribution is -0.119. The van der Waals surface area contributed by atoms with Gasteiger partial charge in [0.05, 0.1) is 0 Å². The Bertz CT molecular complexity index is 830. The van der Waals surface area contributed by atoms with Crippen LogP contribution in [0.15, 0.2) is 30.3 Å². The van der Waals surface area contributed by atoms with Crippen LogP contribution in [0.3, 0.4) is 0 Å². The molecule has 1 saturated heterocycles. The highest BCUT2D eigenvalue weighted by molar-refractivity contribution is 5.92. The second kappa shape index (κ2) is 9.03. The summed E-state index contributed by atoms with van der Waals surface area (Å²) in [5.74, 6) is 1.20. The number of nitrogens with zero attached hydrogens (tertiary/aromatic N) is 4. The molecular formula is C22H29N5O2. The third kappa shape index (κ3) is 4.72. The van der Waals surface area contributed by atoms with Gasteiger partial charge in [-0.2, -0.15) is 0 Å². The zero-order valence-corrected chi connectivity index (χ0v) is 17.6. The van der Waals surface area contributed by atoms with Crippen molar-refractivity contribution in [1.29, 1.82) is 0 Å². The van der Waals surface area contributed by atoms with Gasteiger partial charge in [-0.15, -0.1) is 10.2 Å². The summed E-state index contributed by atoms with van der Waals surface area (Å²) in [5.41, 5.74) is 3.84. The second-order valence-electron chi connectivity index (χ2n) is 7.98. The van der Waals surface area contributed by atoms with Crippen molar-refractivity contribution >= 4 is 23.8 Å². The fourth-order valence-electron chi connectivity index (χ4n) is 3.53. The molecule has 1 aromatic heterocycles. The highest BCUT2D eigenvalue weighted by Crippen LogP contribution is 2.34. The number of amides is 2. The van der Waals surface area contributed by atoms with Crippen molar-refractivity contribution in [2.75, 3.05) is 31.5 Å². The van der Waals surface area contributed by atoms with E-state index in [0.717, 1.165) is 12.1 Å². The first-order chi connectivity index (χ1) is 13.9. The number of aromatic nitrogens is 2. The van der Waals surface area contributed by atoms with Gasteiger partial charge in [-0.05, 0) is 35.1 Å². The zero-order valence-electron chi connectivity index (χ0n) is 17.6. The van der Waals surface area contributed by atoms with Crippen molar-refractivity contribution in [2.45, 2.75) is 39.5 Å². The number of para-hydroxylation sites is 1. The number of hydrogen-bond donors (Lipinski definition) is 1. The quantitative estimate of drug-likeness (QED) is 0.759. The Morgan fingerprint density at radius 3 is 2.07 bits per heavy atom. The van der Waals surface area contributed by atoms with E-state index >= 15 is 0 Å². The maximum absolute atomic E-state index is 12.6. The van der Waals surface area contributed by atoms with Gasteiger partial charge in [-0.1, -0.05) is 45.9 Å². The highest BCUT2D eigenvalue weighted by Gasteiger charge is 2.22. The summed E-state index contributed by atoms with van der Waals surface area (Å²) < 4.78 is 0. The molecular weight excluding hydrogens is 366 g/mol. The zero-order chi connectivity index (χ0) is 21.0. The van der Waals surface area contributed by atoms with Crippen molar-refractivity contribution in [3.8, 4) is 0 Å². The number of hydrogen-bond acceptors (Lipinski definition) is 5. The van der Waals surface area contributed by atoms with Crippen molar-refractivity contribution < 1.29 is 9.59 Å². The summed E-state index contributed by atoms with van der Waals surface area (Å²) >= 11 is 0. The van der Waals surface area contributed by atoms with Crippen LogP contribution < -0.4 is 5.32 Å². The lowest BCUT2D eigenvalue weighted by Crippen LogP contribution is -2.48. The largest absolute Gasteiger partial charge is 0.342 e. The molecule has 154 valence electrons. The molecule has 1 N–H and O–H groups in total. The van der Waals surface area contributed by atoms with E-state index in [-0.39, 0.29) is 5.91 Å². The monoisotopic (exact) mass is 395 g/mol. The average molecular weight is 396 g/mol. The van der Waals surface area contributed by atoms with E-state index in [9.17, 15) is 9.59 Å². The molecule has 29 heavy (non-hydrogen) atoms. The fraction of sp³-hybridized carbons (Fsp3) is 0.455. The first-order valence-corrected chi connectivity index (χ1v) is 10.1. The smallest absolute Gasteiger partial charge is 0.274 e. The van der Waals surface area contributed by atoms with Crippen LogP contribution in [0.2, 0.25) is 0 Å². The first-order valence-electron chi connectivity index (χ1n) is 10.1. The van der Waals surface area contributed by atoms with Gasteiger partial charge in [0, 0.05) is 31.9 Å². The highest BCUT2D eigenvalue weighted by atomic mass is 16.2. The van der Waals surface area contributed by atoms with Crippen molar-refractivity contribution in [3.63, 3.8) is 0 Å². The minimum Gasteiger partial charge on any atom is -0.342 e. The Morgan fingerprint density at radius 1 is 0.966 bits per heavy atom. The summed E-state index contributed by atoms with van der Waals surface area (Å²) in [4.78, 5) is 26.8. The van der Waals surface area contributed by atoms with Gasteiger partial charge in [0.2, 0.25) is 6.41 Å². The molecule has 0 radical (unpaired) electrons. The predicted octanol–water partition coefficient (Wildman–Crippen LogP) is 3.38. The van der Waals surface area contributed by atoms with Crippen LogP contribution in [0.25, 0.3) is 0 Å². The lowest BCUT2D eigenvalue weighted by Gasteiger charge is -2.32. The van der Waals surface area contributed by atoms with Gasteiger partial charge in [0.25, 0.3) is 5.91 Å². The van der Waals surface area contributed by atoms with Gasteiger partial charge in [0.1, 0.15) is 0 Å². The summed E-state index contributed by atoms with van der Waals surface area (Å²) in [5, 5.41) is 11.8. The van der Waals surface area contributed by atoms with E-state index in [1.807, 2.05) is 0 Å². The number of rotatable bonds is 6. The molecule has 2 heterocycles. The van der Waals surface area contributed by atoms with Crippen molar-refractivity contribution in [3.05, 3.63) is 47.2 Å². The summed E-state index contributed by atoms with van der Waals surface area (Å²) in [7, 11) is 0. The molecule has 0 aliphatic carbocycles. The first kappa shape index (κ1) is 20.8. The van der Waals surface area contributed by atoms with Crippen LogP contribution in [-0.2, 0) is 4.79 Å². The van der Waals surface area contributed by atoms with E-state index in [1.54, 1.807) is 21.9 Å². The number of benzene rings is 1. The molecule has 7 nitrogen and oxygen atoms in total. The number of carbonyl (C=O) groups excluding carboxylic acids is 2. The molecule has 0 unspecified atom stereocenters. The molecule has 7 heteroatoms. The Hall–Kier alpha value is -2.96. The average Bonchev–Trinajstić information content (AvgIpc) is 2.73. The Balaban J connectivity index is 1.76. The molecule has 0 saturated carbocycles. The molecule has 1 aliphatic heterocycles. The van der Waals surface area contributed by atoms with E-state index in [2.05, 4.69) is 61.4 Å². The third-order valence-electron chi connectivity index (χ3n) is 5.26. The topological polar surface area (TPSA) is 78.4 Å². The lowest BCUT2D eigenvalue weighted by atomic mass is 9.92. The van der Waals surface area contributed by atoms with Gasteiger partial charge in [-0.3, -0.25) is 9.59 Å². The number of piperazine rings is 1. The number of nitrogens with one attached hydrogen (secondary N) is 1. The van der Waals surface area contributed by atoms with Crippen molar-refractivity contribution in [2.24, 2.45) is 0 Å². The van der Waals surface area contributed by atoms with Crippen LogP contribution in [0.4, 0.5) is 11.5 Å². The Morgan fingerprint density at radius 2 is 1.59 bits per heavy atom. The molecule has 0 atom stereocenters. The maximum atomic E-state index is 12.6. The van der Waals surface area contributed by atoms with Crippen LogP contribution in [0.1, 0.15) is 61.1 Å². The molecule has 1 fully saturated rings. The number of carbonyl (C=O) groups is 2. The summed E-state index contributed by atoms with van der Waals surface area (Å²) in [6, 6.07) is 9.85. The van der Waals surface area contributed by atoms with Crippen LogP contribution in [0, 0.1) is 0 Å². The molecule has 3 rings (SSSR count). The molecule has 1 aliphatic rings. The van der Waals surface area contributed by atoms with E-state index < -0.39 is 0 Å². The van der Waals surface area contributed by atoms with Crippen molar-refractivity contribution in [1.82, 2.24) is 20.0 Å². The van der Waals surface area contributed by atoms with Gasteiger partial charge >= 0.3 is 0 Å². The van der Waals surface area contributed by atoms with Crippen LogP contribution in [0.5, 0.6) is 0 Å². The third-order valence-corrected chi connectivity index (χ3v) is 5.26. The Labute approximate surface area is 172 Å². The van der Waals surface area contributed by atoms with Crippen LogP contribution in [-0.4, -0.2) is 58.5 Å². The summed E-state index contributed by atoms with van der Waals surface area (Å²) in [6.07, 6.45) is 0.822. The van der Waals surface area contributed by atoms with Gasteiger partial charge in [-0.25, -0.2) is 0 Å². The van der Waals surface area contributed by atoms with E-state index in [0.29, 0.717) is 49.5 Å². The van der Waals surface area contributed by atoms with E-state index in [4.69, 9.17) is 0 Å². The molecule has 0 bridgehead atoms. The minimum absolute atomic E-state index is 0.153. The normalized spacial score (nSPS) is 14.4. The minimum atomic E-state index is -0.153. The standard InChI is InChI=1S/C22H29N5O2/c1-15(2)17-6-5-7-18(16(3)4)21(17)23-20-9-8-19(24-25-20)22(29)27-12-10-26(14-28)11-13-27/h5-9,14-16H,10-13H2,1-4H3,(H,23,25). The predicted molar refractivity (Wildman–Crippen MR) is 113 cm³/mol. The second-order valence-corrected chi connectivity index (χ2v) is 7.98. The Kier molecular flexibility index (Phi) is 6.46. The van der Waals surface area contributed by atoms with Gasteiger partial charge < -0.3 is 15.1 Å². The van der Waals surface area contributed by atoms with Crippen LogP contribution >= 0.6 is 0 Å². The van der Waals surface area contributed by atoms with E-state index in [1.165, 1.54) is 11.1 Å². The maximum Gasteiger partial charge on any atom is 0.274 e. The molecule has 0 spiro atoms. The molecule has 2 aromatic rings. The molecule has 2 amide bonds. The SMILES string of the molecule is CC(C)c1cccc(C(C)C)c1Nc1ccc(C(=O)N2CCN(C=O)CC2)nn1. The fourth-order valence-corrected chi connectivity index (χ4v) is 3.53. The summed E-state index contributed by atoms with van der Waals surface area (Å²) in [6.45, 7) is 10.8. The van der Waals surface area contributed by atoms with Gasteiger partial charge in [0.15, 0.2) is 11.5 Å².